The van der Waals surface area contributed by atoms with Crippen LogP contribution in [0.3, 0.4) is 0 Å². The molecule has 122 valence electrons. The van der Waals surface area contributed by atoms with Crippen LogP contribution in [0.15, 0.2) is 34.9 Å². The predicted molar refractivity (Wildman–Crippen MR) is 81.2 cm³/mol. The molecule has 0 aliphatic heterocycles. The zero-order valence-electron chi connectivity index (χ0n) is 12.7. The number of aliphatic carboxylic acids is 1. The summed E-state index contributed by atoms with van der Waals surface area (Å²) in [4.78, 5) is 22.2. The van der Waals surface area contributed by atoms with Crippen molar-refractivity contribution in [1.82, 2.24) is 10.5 Å². The molecule has 0 aliphatic rings. The Morgan fingerprint density at radius 3 is 2.65 bits per heavy atom. The molecule has 0 unspecified atom stereocenters. The summed E-state index contributed by atoms with van der Waals surface area (Å²) in [6, 6.07) is 8.80. The summed E-state index contributed by atoms with van der Waals surface area (Å²) in [6.45, 7) is 2.44. The Kier molecular flexibility index (Phi) is 5.74. The van der Waals surface area contributed by atoms with Crippen LogP contribution >= 0.6 is 0 Å². The minimum absolute atomic E-state index is 0.0889. The molecule has 0 aliphatic carbocycles. The van der Waals surface area contributed by atoms with E-state index in [0.717, 1.165) is 5.56 Å². The number of hydrogen-bond acceptors (Lipinski definition) is 5. The number of carbonyl (C=O) groups is 2. The Bertz CT molecular complexity index is 663. The molecule has 1 aromatic carbocycles. The largest absolute Gasteiger partial charge is 0.494 e. The van der Waals surface area contributed by atoms with Crippen molar-refractivity contribution in [2.75, 3.05) is 6.61 Å². The number of hydrogen-bond donors (Lipinski definition) is 2. The molecule has 7 nitrogen and oxygen atoms in total. The van der Waals surface area contributed by atoms with Crippen LogP contribution in [0, 0.1) is 6.92 Å². The average Bonchev–Trinajstić information content (AvgIpc) is 2.97. The first-order valence-corrected chi connectivity index (χ1v) is 7.19. The zero-order valence-corrected chi connectivity index (χ0v) is 12.7. The highest BCUT2D eigenvalue weighted by Gasteiger charge is 2.10. The molecular weight excluding hydrogens is 300 g/mol. The maximum absolute atomic E-state index is 11.8. The lowest BCUT2D eigenvalue weighted by Gasteiger charge is -2.07. The van der Waals surface area contributed by atoms with Crippen molar-refractivity contribution < 1.29 is 24.0 Å². The highest BCUT2D eigenvalue weighted by atomic mass is 16.5. The SMILES string of the molecule is Cc1cc(C(=O)NCc2ccc(OCCCC(=O)O)cc2)no1. The van der Waals surface area contributed by atoms with Gasteiger partial charge in [-0.3, -0.25) is 9.59 Å². The van der Waals surface area contributed by atoms with E-state index in [1.54, 1.807) is 25.1 Å². The minimum atomic E-state index is -0.831. The van der Waals surface area contributed by atoms with Crippen LogP contribution in [-0.4, -0.2) is 28.7 Å². The summed E-state index contributed by atoms with van der Waals surface area (Å²) in [7, 11) is 0. The smallest absolute Gasteiger partial charge is 0.303 e. The molecule has 23 heavy (non-hydrogen) atoms. The number of nitrogens with zero attached hydrogens (tertiary/aromatic N) is 1. The van der Waals surface area contributed by atoms with E-state index < -0.39 is 5.97 Å². The molecule has 2 rings (SSSR count). The molecule has 0 radical (unpaired) electrons. The van der Waals surface area contributed by atoms with Crippen molar-refractivity contribution in [2.45, 2.75) is 26.3 Å². The summed E-state index contributed by atoms with van der Waals surface area (Å²) >= 11 is 0. The van der Waals surface area contributed by atoms with E-state index in [4.69, 9.17) is 14.4 Å². The van der Waals surface area contributed by atoms with Crippen molar-refractivity contribution >= 4 is 11.9 Å². The summed E-state index contributed by atoms with van der Waals surface area (Å²) in [6.07, 6.45) is 0.551. The van der Waals surface area contributed by atoms with Gasteiger partial charge in [-0.05, 0) is 31.0 Å². The fourth-order valence-corrected chi connectivity index (χ4v) is 1.86. The minimum Gasteiger partial charge on any atom is -0.494 e. The third-order valence-corrected chi connectivity index (χ3v) is 3.04. The second kappa shape index (κ2) is 7.98. The molecule has 0 saturated carbocycles. The van der Waals surface area contributed by atoms with Gasteiger partial charge in [0.2, 0.25) is 0 Å². The first-order chi connectivity index (χ1) is 11.0. The number of carboxylic acids is 1. The van der Waals surface area contributed by atoms with Gasteiger partial charge in [-0.2, -0.15) is 0 Å². The lowest BCUT2D eigenvalue weighted by atomic mass is 10.2. The standard InChI is InChI=1S/C16H18N2O5/c1-11-9-14(18-23-11)16(21)17-10-12-4-6-13(7-5-12)22-8-2-3-15(19)20/h4-7,9H,2-3,8,10H2,1H3,(H,17,21)(H,19,20). The number of carboxylic acid groups (broad SMARTS) is 1. The number of nitrogens with one attached hydrogen (secondary N) is 1. The summed E-state index contributed by atoms with van der Waals surface area (Å²) in [5, 5.41) is 14.9. The molecule has 0 spiro atoms. The first kappa shape index (κ1) is 16.5. The normalized spacial score (nSPS) is 10.3. The molecule has 1 heterocycles. The molecule has 0 saturated heterocycles. The van der Waals surface area contributed by atoms with E-state index in [-0.39, 0.29) is 18.0 Å². The van der Waals surface area contributed by atoms with E-state index in [2.05, 4.69) is 10.5 Å². The maximum atomic E-state index is 11.8. The number of carbonyl (C=O) groups excluding carboxylic acids is 1. The molecule has 2 aromatic rings. The van der Waals surface area contributed by atoms with Crippen molar-refractivity contribution in [3.63, 3.8) is 0 Å². The molecule has 0 fully saturated rings. The number of benzene rings is 1. The summed E-state index contributed by atoms with van der Waals surface area (Å²) in [5.74, 6) is 0.120. The van der Waals surface area contributed by atoms with Gasteiger partial charge in [0, 0.05) is 19.0 Å². The Hall–Kier alpha value is -2.83. The van der Waals surface area contributed by atoms with Gasteiger partial charge in [-0.1, -0.05) is 17.3 Å². The number of rotatable bonds is 8. The average molecular weight is 318 g/mol. The number of aromatic nitrogens is 1. The van der Waals surface area contributed by atoms with Crippen LogP contribution in [0.25, 0.3) is 0 Å². The second-order valence-corrected chi connectivity index (χ2v) is 5.00. The highest BCUT2D eigenvalue weighted by molar-refractivity contribution is 5.92. The molecule has 2 N–H and O–H groups in total. The van der Waals surface area contributed by atoms with Crippen molar-refractivity contribution in [3.05, 3.63) is 47.3 Å². The monoisotopic (exact) mass is 318 g/mol. The third-order valence-electron chi connectivity index (χ3n) is 3.04. The number of ether oxygens (including phenoxy) is 1. The summed E-state index contributed by atoms with van der Waals surface area (Å²) in [5.41, 5.74) is 1.16. The van der Waals surface area contributed by atoms with E-state index in [1.807, 2.05) is 12.1 Å². The van der Waals surface area contributed by atoms with Crippen LogP contribution in [0.4, 0.5) is 0 Å². The van der Waals surface area contributed by atoms with Crippen molar-refractivity contribution in [2.24, 2.45) is 0 Å². The Labute approximate surface area is 133 Å². The topological polar surface area (TPSA) is 102 Å². The summed E-state index contributed by atoms with van der Waals surface area (Å²) < 4.78 is 10.3. The number of aryl methyl sites for hydroxylation is 1. The lowest BCUT2D eigenvalue weighted by Crippen LogP contribution is -2.22. The van der Waals surface area contributed by atoms with Gasteiger partial charge in [-0.15, -0.1) is 0 Å². The maximum Gasteiger partial charge on any atom is 0.303 e. The van der Waals surface area contributed by atoms with Crippen LogP contribution in [-0.2, 0) is 11.3 Å². The first-order valence-electron chi connectivity index (χ1n) is 7.19. The van der Waals surface area contributed by atoms with E-state index in [0.29, 0.717) is 31.1 Å². The van der Waals surface area contributed by atoms with Crippen LogP contribution < -0.4 is 10.1 Å². The zero-order chi connectivity index (χ0) is 16.7. The van der Waals surface area contributed by atoms with Crippen LogP contribution in [0.1, 0.15) is 34.7 Å². The quantitative estimate of drug-likeness (QED) is 0.723. The van der Waals surface area contributed by atoms with Gasteiger partial charge in [0.25, 0.3) is 5.91 Å². The molecular formula is C16H18N2O5. The Morgan fingerprint density at radius 2 is 2.04 bits per heavy atom. The second-order valence-electron chi connectivity index (χ2n) is 5.00. The molecule has 0 bridgehead atoms. The van der Waals surface area contributed by atoms with E-state index in [1.165, 1.54) is 0 Å². The molecule has 0 atom stereocenters. The molecule has 1 aromatic heterocycles. The van der Waals surface area contributed by atoms with E-state index >= 15 is 0 Å². The Morgan fingerprint density at radius 1 is 1.30 bits per heavy atom. The van der Waals surface area contributed by atoms with Gasteiger partial charge < -0.3 is 19.7 Å². The van der Waals surface area contributed by atoms with Crippen LogP contribution in [0.5, 0.6) is 5.75 Å². The van der Waals surface area contributed by atoms with Gasteiger partial charge in [-0.25, -0.2) is 0 Å². The van der Waals surface area contributed by atoms with Gasteiger partial charge in [0.05, 0.1) is 6.61 Å². The third kappa shape index (κ3) is 5.46. The highest BCUT2D eigenvalue weighted by Crippen LogP contribution is 2.13. The van der Waals surface area contributed by atoms with Gasteiger partial charge in [0.1, 0.15) is 11.5 Å². The van der Waals surface area contributed by atoms with Crippen molar-refractivity contribution in [3.8, 4) is 5.75 Å². The fraction of sp³-hybridized carbons (Fsp3) is 0.312. The van der Waals surface area contributed by atoms with Crippen molar-refractivity contribution in [1.29, 1.82) is 0 Å². The van der Waals surface area contributed by atoms with Gasteiger partial charge in [0.15, 0.2) is 5.69 Å². The number of amides is 1. The van der Waals surface area contributed by atoms with E-state index in [9.17, 15) is 9.59 Å². The molecule has 1 amide bonds. The fourth-order valence-electron chi connectivity index (χ4n) is 1.86. The Balaban J connectivity index is 1.76. The lowest BCUT2D eigenvalue weighted by molar-refractivity contribution is -0.137. The molecule has 7 heteroatoms. The predicted octanol–water partition coefficient (Wildman–Crippen LogP) is 2.16. The van der Waals surface area contributed by atoms with Crippen LogP contribution in [0.2, 0.25) is 0 Å². The van der Waals surface area contributed by atoms with Gasteiger partial charge >= 0.3 is 5.97 Å².